The fourth-order valence-electron chi connectivity index (χ4n) is 4.24. The second-order valence-electron chi connectivity index (χ2n) is 10.5. The quantitative estimate of drug-likeness (QED) is 0.276. The number of anilines is 1. The van der Waals surface area contributed by atoms with E-state index >= 15 is 0 Å². The molecule has 0 fully saturated rings. The number of nitrogens with one attached hydrogen (secondary N) is 1. The predicted molar refractivity (Wildman–Crippen MR) is 163 cm³/mol. The minimum atomic E-state index is -4.34. The van der Waals surface area contributed by atoms with E-state index in [4.69, 9.17) is 27.9 Å². The maximum Gasteiger partial charge on any atom is 0.264 e. The van der Waals surface area contributed by atoms with E-state index in [2.05, 4.69) is 5.32 Å². The number of nitrogens with zero attached hydrogens (tertiary/aromatic N) is 2. The van der Waals surface area contributed by atoms with E-state index in [-0.39, 0.29) is 33.6 Å². The van der Waals surface area contributed by atoms with Crippen LogP contribution in [-0.4, -0.2) is 50.4 Å². The molecule has 0 radical (unpaired) electrons. The van der Waals surface area contributed by atoms with Crippen LogP contribution in [-0.2, 0) is 26.2 Å². The van der Waals surface area contributed by atoms with Crippen LogP contribution in [0.15, 0.2) is 71.6 Å². The van der Waals surface area contributed by atoms with Crippen LogP contribution in [0, 0.1) is 5.82 Å². The molecule has 12 heteroatoms. The summed E-state index contributed by atoms with van der Waals surface area (Å²) in [7, 11) is -2.88. The first-order chi connectivity index (χ1) is 19.7. The number of ether oxygens (including phenoxy) is 1. The van der Waals surface area contributed by atoms with E-state index < -0.39 is 45.8 Å². The fourth-order valence-corrected chi connectivity index (χ4v) is 6.17. The molecule has 0 saturated carbocycles. The van der Waals surface area contributed by atoms with Gasteiger partial charge in [-0.1, -0.05) is 36.2 Å². The normalized spacial score (nSPS) is 12.4. The lowest BCUT2D eigenvalue weighted by molar-refractivity contribution is -0.141. The molecule has 0 aliphatic rings. The lowest BCUT2D eigenvalue weighted by Crippen LogP contribution is -2.55. The third-order valence-corrected chi connectivity index (χ3v) is 8.81. The molecule has 1 atom stereocenters. The number of carbonyl (C=O) groups is 2. The van der Waals surface area contributed by atoms with Gasteiger partial charge < -0.3 is 15.0 Å². The van der Waals surface area contributed by atoms with Gasteiger partial charge >= 0.3 is 0 Å². The van der Waals surface area contributed by atoms with Crippen LogP contribution in [0.1, 0.15) is 39.7 Å². The van der Waals surface area contributed by atoms with Gasteiger partial charge in [0.1, 0.15) is 24.2 Å². The van der Waals surface area contributed by atoms with E-state index in [0.717, 1.165) is 16.4 Å². The smallest absolute Gasteiger partial charge is 0.264 e. The van der Waals surface area contributed by atoms with Crippen LogP contribution < -0.4 is 14.4 Å². The Morgan fingerprint density at radius 2 is 1.55 bits per heavy atom. The largest absolute Gasteiger partial charge is 0.497 e. The first-order valence-corrected chi connectivity index (χ1v) is 15.3. The maximum atomic E-state index is 14.1. The van der Waals surface area contributed by atoms with Crippen molar-refractivity contribution in [1.29, 1.82) is 0 Å². The van der Waals surface area contributed by atoms with E-state index in [1.54, 1.807) is 25.1 Å². The number of methoxy groups -OCH3 is 1. The molecular weight excluding hydrogens is 604 g/mol. The number of amides is 2. The van der Waals surface area contributed by atoms with Crippen LogP contribution in [0.25, 0.3) is 0 Å². The first-order valence-electron chi connectivity index (χ1n) is 13.1. The van der Waals surface area contributed by atoms with E-state index in [0.29, 0.717) is 11.3 Å². The number of carbonyl (C=O) groups excluding carboxylic acids is 2. The van der Waals surface area contributed by atoms with Crippen LogP contribution in [0.5, 0.6) is 5.75 Å². The van der Waals surface area contributed by atoms with Crippen LogP contribution in [0.4, 0.5) is 10.1 Å². The number of benzene rings is 3. The molecule has 8 nitrogen and oxygen atoms in total. The third kappa shape index (κ3) is 8.14. The zero-order chi connectivity index (χ0) is 31.2. The molecule has 0 unspecified atom stereocenters. The Labute approximate surface area is 256 Å². The lowest BCUT2D eigenvalue weighted by atomic mass is 10.1. The summed E-state index contributed by atoms with van der Waals surface area (Å²) in [6.45, 7) is 6.33. The number of halogens is 3. The predicted octanol–water partition coefficient (Wildman–Crippen LogP) is 6.06. The minimum absolute atomic E-state index is 0.0588. The standard InChI is InChI=1S/C30H34Cl2FN3O5S/c1-6-27(29(38)34-30(2,3)4)35(18-24-25(31)8-7-9-26(24)32)28(37)19-36(21-12-10-20(33)11-13-21)42(39,40)23-16-14-22(41-5)15-17-23/h7-17,27H,6,18-19H2,1-5H3,(H,34,38)/t27-/m0/s1. The highest BCUT2D eigenvalue weighted by Gasteiger charge is 2.35. The summed E-state index contributed by atoms with van der Waals surface area (Å²) in [5.74, 6) is -1.25. The molecule has 3 aromatic rings. The minimum Gasteiger partial charge on any atom is -0.497 e. The monoisotopic (exact) mass is 637 g/mol. The van der Waals surface area contributed by atoms with E-state index in [1.165, 1.54) is 48.4 Å². The number of hydrogen-bond acceptors (Lipinski definition) is 5. The van der Waals surface area contributed by atoms with Gasteiger partial charge in [0.25, 0.3) is 10.0 Å². The Bertz CT molecular complexity index is 1490. The van der Waals surface area contributed by atoms with Crippen LogP contribution >= 0.6 is 23.2 Å². The molecule has 0 saturated heterocycles. The molecule has 2 amide bonds. The van der Waals surface area contributed by atoms with Crippen LogP contribution in [0.2, 0.25) is 10.0 Å². The molecule has 42 heavy (non-hydrogen) atoms. The molecule has 0 heterocycles. The highest BCUT2D eigenvalue weighted by Crippen LogP contribution is 2.29. The molecule has 226 valence electrons. The van der Waals surface area contributed by atoms with Crippen LogP contribution in [0.3, 0.4) is 0 Å². The lowest BCUT2D eigenvalue weighted by Gasteiger charge is -2.35. The summed E-state index contributed by atoms with van der Waals surface area (Å²) >= 11 is 12.9. The average molecular weight is 639 g/mol. The van der Waals surface area contributed by atoms with Gasteiger partial charge in [-0.05, 0) is 87.9 Å². The second kappa shape index (κ2) is 13.8. The van der Waals surface area contributed by atoms with Gasteiger partial charge in [0.2, 0.25) is 11.8 Å². The van der Waals surface area contributed by atoms with Crippen molar-refractivity contribution >= 4 is 50.7 Å². The Balaban J connectivity index is 2.11. The molecule has 3 aromatic carbocycles. The Morgan fingerprint density at radius 3 is 2.05 bits per heavy atom. The molecule has 0 spiro atoms. The number of sulfonamides is 1. The van der Waals surface area contributed by atoms with Gasteiger partial charge in [0.05, 0.1) is 17.7 Å². The van der Waals surface area contributed by atoms with Gasteiger partial charge in [-0.3, -0.25) is 13.9 Å². The summed E-state index contributed by atoms with van der Waals surface area (Å²) in [6, 6.07) is 14.3. The van der Waals surface area contributed by atoms with Gasteiger partial charge in [-0.15, -0.1) is 0 Å². The Hall–Kier alpha value is -3.34. The summed E-state index contributed by atoms with van der Waals surface area (Å²) in [4.78, 5) is 28.7. The molecule has 1 N–H and O–H groups in total. The Kier molecular flexibility index (Phi) is 10.9. The van der Waals surface area contributed by atoms with E-state index in [1.807, 2.05) is 20.8 Å². The first kappa shape index (κ1) is 33.2. The summed E-state index contributed by atoms with van der Waals surface area (Å²) in [5, 5.41) is 3.46. The zero-order valence-corrected chi connectivity index (χ0v) is 26.4. The van der Waals surface area contributed by atoms with E-state index in [9.17, 15) is 22.4 Å². The summed E-state index contributed by atoms with van der Waals surface area (Å²) < 4.78 is 47.6. The molecule has 0 aliphatic carbocycles. The van der Waals surface area contributed by atoms with Crippen molar-refractivity contribution in [3.8, 4) is 5.75 Å². The molecular formula is C30H34Cl2FN3O5S. The summed E-state index contributed by atoms with van der Waals surface area (Å²) in [5.41, 5.74) is -0.134. The molecule has 0 aromatic heterocycles. The SMILES string of the molecule is CC[C@@H](C(=O)NC(C)(C)C)N(Cc1c(Cl)cccc1Cl)C(=O)CN(c1ccc(F)cc1)S(=O)(=O)c1ccc(OC)cc1. The van der Waals surface area contributed by atoms with Crippen molar-refractivity contribution in [1.82, 2.24) is 10.2 Å². The van der Waals surface area contributed by atoms with Crippen molar-refractivity contribution in [2.24, 2.45) is 0 Å². The molecule has 3 rings (SSSR count). The van der Waals surface area contributed by atoms with Crippen molar-refractivity contribution in [2.45, 2.75) is 57.1 Å². The number of rotatable bonds is 11. The zero-order valence-electron chi connectivity index (χ0n) is 24.0. The summed E-state index contributed by atoms with van der Waals surface area (Å²) in [6.07, 6.45) is 0.220. The van der Waals surface area contributed by atoms with Gasteiger partial charge in [-0.2, -0.15) is 0 Å². The third-order valence-electron chi connectivity index (χ3n) is 6.32. The van der Waals surface area contributed by atoms with Crippen molar-refractivity contribution in [3.63, 3.8) is 0 Å². The maximum absolute atomic E-state index is 14.1. The topological polar surface area (TPSA) is 96.0 Å². The number of hydrogen-bond donors (Lipinski definition) is 1. The van der Waals surface area contributed by atoms with Crippen molar-refractivity contribution in [2.75, 3.05) is 18.0 Å². The molecule has 0 bridgehead atoms. The van der Waals surface area contributed by atoms with Gasteiger partial charge in [-0.25, -0.2) is 12.8 Å². The average Bonchev–Trinajstić information content (AvgIpc) is 2.92. The highest BCUT2D eigenvalue weighted by molar-refractivity contribution is 7.92. The van der Waals surface area contributed by atoms with Gasteiger partial charge in [0.15, 0.2) is 0 Å². The second-order valence-corrected chi connectivity index (χ2v) is 13.2. The van der Waals surface area contributed by atoms with Crippen molar-refractivity contribution < 1.29 is 27.1 Å². The highest BCUT2D eigenvalue weighted by atomic mass is 35.5. The van der Waals surface area contributed by atoms with Crippen molar-refractivity contribution in [3.05, 3.63) is 88.2 Å². The fraction of sp³-hybridized carbons (Fsp3) is 0.333. The molecule has 0 aliphatic heterocycles. The van der Waals surface area contributed by atoms with Gasteiger partial charge in [0, 0.05) is 27.7 Å². The Morgan fingerprint density at radius 1 is 0.976 bits per heavy atom.